The minimum atomic E-state index is 0. The molecule has 0 heteroatoms. The van der Waals surface area contributed by atoms with E-state index in [1.807, 2.05) is 13.8 Å². The normalized spacial score (nSPS) is 30.9. The number of hydrogen-bond acceptors (Lipinski definition) is 0. The van der Waals surface area contributed by atoms with E-state index in [1.54, 1.807) is 25.7 Å². The van der Waals surface area contributed by atoms with Crippen LogP contribution < -0.4 is 0 Å². The molecule has 2 rings (SSSR count). The maximum absolute atomic E-state index is 2.45. The van der Waals surface area contributed by atoms with Crippen LogP contribution in [0.5, 0.6) is 0 Å². The molecule has 0 aliphatic heterocycles. The lowest BCUT2D eigenvalue weighted by Crippen LogP contribution is -2.23. The second kappa shape index (κ2) is 9.07. The van der Waals surface area contributed by atoms with Gasteiger partial charge in [-0.1, -0.05) is 79.6 Å². The van der Waals surface area contributed by atoms with Crippen molar-refractivity contribution in [3.8, 4) is 0 Å². The Balaban J connectivity index is 0.000000711. The summed E-state index contributed by atoms with van der Waals surface area (Å²) in [5.41, 5.74) is 0. The molecule has 98 valence electrons. The zero-order valence-corrected chi connectivity index (χ0v) is 11.1. The quantitative estimate of drug-likeness (QED) is 0.510. The second-order valence-corrected chi connectivity index (χ2v) is 5.43. The van der Waals surface area contributed by atoms with Crippen LogP contribution >= 0.6 is 0 Å². The average molecular weight is 226 g/mol. The lowest BCUT2D eigenvalue weighted by atomic mass is 9.71. The summed E-state index contributed by atoms with van der Waals surface area (Å²) < 4.78 is 0. The zero-order chi connectivity index (χ0) is 11.1. The fraction of sp³-hybridized carbons (Fsp3) is 1.00. The van der Waals surface area contributed by atoms with Gasteiger partial charge in [0.05, 0.1) is 0 Å². The molecule has 2 fully saturated rings. The molecule has 2 aliphatic carbocycles. The molecule has 2 atom stereocenters. The van der Waals surface area contributed by atoms with Crippen molar-refractivity contribution >= 4 is 0 Å². The summed E-state index contributed by atoms with van der Waals surface area (Å²) in [4.78, 5) is 0. The van der Waals surface area contributed by atoms with Gasteiger partial charge in [0, 0.05) is 0 Å². The first-order chi connectivity index (χ1) is 7.36. The Morgan fingerprint density at radius 2 is 1.25 bits per heavy atom. The standard InChI is InChI=1S/C13H24.C2H6.CH4/c1-11-6-5-9-13(10-11)12-7-3-2-4-8-12;1-2;/h11-13H,2-10H2,1H3;1-2H3;1H4. The maximum Gasteiger partial charge on any atom is -0.0383 e. The highest BCUT2D eigenvalue weighted by Crippen LogP contribution is 2.39. The van der Waals surface area contributed by atoms with Crippen molar-refractivity contribution in [2.45, 2.75) is 86.0 Å². The SMILES string of the molecule is C.CC.CC1CCCC(C2CCCCC2)C1. The van der Waals surface area contributed by atoms with E-state index >= 15 is 0 Å². The van der Waals surface area contributed by atoms with Gasteiger partial charge in [-0.3, -0.25) is 0 Å². The van der Waals surface area contributed by atoms with Gasteiger partial charge >= 0.3 is 0 Å². The molecular formula is C16H34. The maximum atomic E-state index is 2.45. The first-order valence-corrected chi connectivity index (χ1v) is 7.36. The summed E-state index contributed by atoms with van der Waals surface area (Å²) in [6.07, 6.45) is 13.8. The van der Waals surface area contributed by atoms with Crippen LogP contribution in [0.3, 0.4) is 0 Å². The predicted octanol–water partition coefficient (Wildman–Crippen LogP) is 6.06. The molecule has 0 aromatic heterocycles. The zero-order valence-electron chi connectivity index (χ0n) is 11.1. The van der Waals surface area contributed by atoms with Gasteiger partial charge in [0.2, 0.25) is 0 Å². The Morgan fingerprint density at radius 1 is 0.688 bits per heavy atom. The molecule has 0 aromatic carbocycles. The van der Waals surface area contributed by atoms with Crippen LogP contribution in [0.25, 0.3) is 0 Å². The van der Waals surface area contributed by atoms with Gasteiger partial charge < -0.3 is 0 Å². The summed E-state index contributed by atoms with van der Waals surface area (Å²) in [7, 11) is 0. The van der Waals surface area contributed by atoms with E-state index in [0.29, 0.717) is 0 Å². The van der Waals surface area contributed by atoms with Gasteiger partial charge in [0.25, 0.3) is 0 Å². The fourth-order valence-corrected chi connectivity index (χ4v) is 3.51. The molecule has 0 bridgehead atoms. The highest BCUT2D eigenvalue weighted by molar-refractivity contribution is 4.78. The van der Waals surface area contributed by atoms with Crippen molar-refractivity contribution in [3.05, 3.63) is 0 Å². The van der Waals surface area contributed by atoms with E-state index in [4.69, 9.17) is 0 Å². The molecule has 0 amide bonds. The highest BCUT2D eigenvalue weighted by Gasteiger charge is 2.27. The molecule has 0 N–H and O–H groups in total. The molecule has 2 aliphatic rings. The van der Waals surface area contributed by atoms with Gasteiger partial charge in [-0.25, -0.2) is 0 Å². The Bertz CT molecular complexity index is 144. The highest BCUT2D eigenvalue weighted by atomic mass is 14.3. The topological polar surface area (TPSA) is 0 Å². The third-order valence-corrected chi connectivity index (χ3v) is 4.29. The monoisotopic (exact) mass is 226 g/mol. The minimum absolute atomic E-state index is 0. The molecule has 0 nitrogen and oxygen atoms in total. The minimum Gasteiger partial charge on any atom is -0.0776 e. The van der Waals surface area contributed by atoms with E-state index in [9.17, 15) is 0 Å². The van der Waals surface area contributed by atoms with Crippen molar-refractivity contribution in [3.63, 3.8) is 0 Å². The van der Waals surface area contributed by atoms with E-state index < -0.39 is 0 Å². The molecule has 0 radical (unpaired) electrons. The van der Waals surface area contributed by atoms with E-state index in [0.717, 1.165) is 17.8 Å². The molecule has 0 spiro atoms. The fourth-order valence-electron chi connectivity index (χ4n) is 3.51. The van der Waals surface area contributed by atoms with E-state index in [-0.39, 0.29) is 7.43 Å². The summed E-state index contributed by atoms with van der Waals surface area (Å²) in [6, 6.07) is 0. The van der Waals surface area contributed by atoms with E-state index in [2.05, 4.69) is 6.92 Å². The van der Waals surface area contributed by atoms with Crippen molar-refractivity contribution in [1.29, 1.82) is 0 Å². The molecule has 0 aromatic rings. The van der Waals surface area contributed by atoms with Crippen molar-refractivity contribution in [2.24, 2.45) is 17.8 Å². The van der Waals surface area contributed by atoms with Crippen LogP contribution in [0.4, 0.5) is 0 Å². The molecule has 2 unspecified atom stereocenters. The van der Waals surface area contributed by atoms with Gasteiger partial charge in [0.1, 0.15) is 0 Å². The van der Waals surface area contributed by atoms with Gasteiger partial charge in [0.15, 0.2) is 0 Å². The Morgan fingerprint density at radius 3 is 1.81 bits per heavy atom. The smallest absolute Gasteiger partial charge is 0.0383 e. The van der Waals surface area contributed by atoms with Crippen molar-refractivity contribution < 1.29 is 0 Å². The van der Waals surface area contributed by atoms with Crippen LogP contribution in [0.1, 0.15) is 86.0 Å². The predicted molar refractivity (Wildman–Crippen MR) is 75.8 cm³/mol. The first-order valence-electron chi connectivity index (χ1n) is 7.36. The molecule has 0 heterocycles. The molecule has 2 saturated carbocycles. The Hall–Kier alpha value is 0. The lowest BCUT2D eigenvalue weighted by molar-refractivity contribution is 0.166. The average Bonchev–Trinajstić information content (AvgIpc) is 2.33. The van der Waals surface area contributed by atoms with Crippen LogP contribution in [-0.4, -0.2) is 0 Å². The summed E-state index contributed by atoms with van der Waals surface area (Å²) >= 11 is 0. The van der Waals surface area contributed by atoms with Gasteiger partial charge in [-0.2, -0.15) is 0 Å². The van der Waals surface area contributed by atoms with Crippen molar-refractivity contribution in [1.82, 2.24) is 0 Å². The van der Waals surface area contributed by atoms with Gasteiger partial charge in [-0.15, -0.1) is 0 Å². The van der Waals surface area contributed by atoms with Crippen LogP contribution in [0.2, 0.25) is 0 Å². The summed E-state index contributed by atoms with van der Waals surface area (Å²) in [5.74, 6) is 3.27. The first kappa shape index (κ1) is 16.0. The van der Waals surface area contributed by atoms with Crippen LogP contribution in [-0.2, 0) is 0 Å². The van der Waals surface area contributed by atoms with Gasteiger partial charge in [-0.05, 0) is 24.2 Å². The third-order valence-electron chi connectivity index (χ3n) is 4.29. The largest absolute Gasteiger partial charge is 0.0776 e. The molecule has 16 heavy (non-hydrogen) atoms. The van der Waals surface area contributed by atoms with E-state index in [1.165, 1.54) is 32.1 Å². The Labute approximate surface area is 104 Å². The lowest BCUT2D eigenvalue weighted by Gasteiger charge is -2.35. The van der Waals surface area contributed by atoms with Crippen LogP contribution in [0.15, 0.2) is 0 Å². The number of rotatable bonds is 1. The third kappa shape index (κ3) is 4.89. The van der Waals surface area contributed by atoms with Crippen molar-refractivity contribution in [2.75, 3.05) is 0 Å². The molecular weight excluding hydrogens is 192 g/mol. The summed E-state index contributed by atoms with van der Waals surface area (Å²) in [5, 5.41) is 0. The molecule has 0 saturated heterocycles. The Kier molecular flexibility index (Phi) is 9.07. The summed E-state index contributed by atoms with van der Waals surface area (Å²) in [6.45, 7) is 6.45. The number of hydrogen-bond donors (Lipinski definition) is 0. The van der Waals surface area contributed by atoms with Crippen LogP contribution in [0, 0.1) is 17.8 Å². The second-order valence-electron chi connectivity index (χ2n) is 5.43.